The Morgan fingerprint density at radius 2 is 2.12 bits per heavy atom. The standard InChI is InChI=1S/C13H21N3O/c1-8(2)6-10(7-14)12(17)11-9(3)4-5-16-13(11)15/h4-5,8,10H,6-7,14H2,1-3H3,(H2,15,16). The summed E-state index contributed by atoms with van der Waals surface area (Å²) < 4.78 is 0. The van der Waals surface area contributed by atoms with Crippen molar-refractivity contribution in [2.75, 3.05) is 12.3 Å². The largest absolute Gasteiger partial charge is 0.383 e. The first-order valence-electron chi connectivity index (χ1n) is 5.92. The Bertz CT molecular complexity index is 381. The Hall–Kier alpha value is -1.42. The number of carbonyl (C=O) groups excluding carboxylic acids is 1. The Morgan fingerprint density at radius 3 is 2.59 bits per heavy atom. The summed E-state index contributed by atoms with van der Waals surface area (Å²) in [6, 6.07) is 1.80. The van der Waals surface area contributed by atoms with Gasteiger partial charge in [0.1, 0.15) is 5.82 Å². The van der Waals surface area contributed by atoms with Crippen molar-refractivity contribution in [3.63, 3.8) is 0 Å². The molecule has 17 heavy (non-hydrogen) atoms. The molecule has 1 unspecified atom stereocenters. The Kier molecular flexibility index (Phi) is 4.63. The van der Waals surface area contributed by atoms with Crippen LogP contribution in [-0.4, -0.2) is 17.3 Å². The van der Waals surface area contributed by atoms with Crippen molar-refractivity contribution in [2.45, 2.75) is 27.2 Å². The van der Waals surface area contributed by atoms with Crippen molar-refractivity contribution in [3.05, 3.63) is 23.4 Å². The molecule has 1 atom stereocenters. The molecule has 94 valence electrons. The van der Waals surface area contributed by atoms with Gasteiger partial charge >= 0.3 is 0 Å². The first kappa shape index (κ1) is 13.6. The predicted octanol–water partition coefficient (Wildman–Crippen LogP) is 1.78. The van der Waals surface area contributed by atoms with Gasteiger partial charge in [-0.2, -0.15) is 0 Å². The molecule has 1 rings (SSSR count). The normalized spacial score (nSPS) is 12.8. The first-order valence-corrected chi connectivity index (χ1v) is 5.92. The van der Waals surface area contributed by atoms with Crippen LogP contribution in [0.1, 0.15) is 36.2 Å². The second-order valence-electron chi connectivity index (χ2n) is 4.81. The van der Waals surface area contributed by atoms with Crippen molar-refractivity contribution in [2.24, 2.45) is 17.6 Å². The highest BCUT2D eigenvalue weighted by atomic mass is 16.1. The predicted molar refractivity (Wildman–Crippen MR) is 69.7 cm³/mol. The molecule has 0 aromatic carbocycles. The van der Waals surface area contributed by atoms with Crippen LogP contribution in [-0.2, 0) is 0 Å². The highest BCUT2D eigenvalue weighted by Crippen LogP contribution is 2.21. The number of nitrogen functional groups attached to an aromatic ring is 1. The molecule has 0 saturated heterocycles. The Labute approximate surface area is 102 Å². The van der Waals surface area contributed by atoms with Crippen LogP contribution in [0.3, 0.4) is 0 Å². The van der Waals surface area contributed by atoms with E-state index in [1.165, 1.54) is 0 Å². The number of ketones is 1. The van der Waals surface area contributed by atoms with Gasteiger partial charge in [-0.25, -0.2) is 4.98 Å². The topological polar surface area (TPSA) is 82.0 Å². The highest BCUT2D eigenvalue weighted by Gasteiger charge is 2.23. The molecule has 0 aliphatic heterocycles. The summed E-state index contributed by atoms with van der Waals surface area (Å²) in [7, 11) is 0. The van der Waals surface area contributed by atoms with Crippen LogP contribution in [0.5, 0.6) is 0 Å². The third-order valence-corrected chi connectivity index (χ3v) is 2.85. The Balaban J connectivity index is 3.02. The lowest BCUT2D eigenvalue weighted by Crippen LogP contribution is -2.26. The smallest absolute Gasteiger partial charge is 0.171 e. The van der Waals surface area contributed by atoms with Crippen molar-refractivity contribution < 1.29 is 4.79 Å². The number of anilines is 1. The van der Waals surface area contributed by atoms with E-state index in [1.807, 2.05) is 6.92 Å². The quantitative estimate of drug-likeness (QED) is 0.762. The van der Waals surface area contributed by atoms with E-state index in [4.69, 9.17) is 11.5 Å². The molecule has 0 amide bonds. The van der Waals surface area contributed by atoms with Gasteiger partial charge in [-0.15, -0.1) is 0 Å². The van der Waals surface area contributed by atoms with E-state index >= 15 is 0 Å². The maximum atomic E-state index is 12.4. The van der Waals surface area contributed by atoms with Crippen molar-refractivity contribution >= 4 is 11.6 Å². The maximum Gasteiger partial charge on any atom is 0.171 e. The molecule has 1 aromatic heterocycles. The molecular formula is C13H21N3O. The number of aromatic nitrogens is 1. The summed E-state index contributed by atoms with van der Waals surface area (Å²) >= 11 is 0. The second kappa shape index (κ2) is 5.77. The van der Waals surface area contributed by atoms with Crippen LogP contribution in [0, 0.1) is 18.8 Å². The van der Waals surface area contributed by atoms with Gasteiger partial charge in [-0.05, 0) is 30.9 Å². The number of pyridine rings is 1. The van der Waals surface area contributed by atoms with Crippen molar-refractivity contribution in [1.29, 1.82) is 0 Å². The molecule has 0 radical (unpaired) electrons. The maximum absolute atomic E-state index is 12.4. The summed E-state index contributed by atoms with van der Waals surface area (Å²) in [5.41, 5.74) is 12.8. The van der Waals surface area contributed by atoms with E-state index in [9.17, 15) is 4.79 Å². The summed E-state index contributed by atoms with van der Waals surface area (Å²) in [6.45, 7) is 6.38. The first-order chi connectivity index (χ1) is 7.97. The lowest BCUT2D eigenvalue weighted by molar-refractivity contribution is 0.0909. The van der Waals surface area contributed by atoms with Crippen LogP contribution in [0.15, 0.2) is 12.3 Å². The zero-order valence-corrected chi connectivity index (χ0v) is 10.7. The molecule has 0 bridgehead atoms. The number of nitrogens with two attached hydrogens (primary N) is 2. The van der Waals surface area contributed by atoms with Crippen LogP contribution >= 0.6 is 0 Å². The molecule has 4 nitrogen and oxygen atoms in total. The average Bonchev–Trinajstić information content (AvgIpc) is 2.25. The number of nitrogens with zero attached hydrogens (tertiary/aromatic N) is 1. The summed E-state index contributed by atoms with van der Waals surface area (Å²) in [4.78, 5) is 16.3. The molecule has 0 fully saturated rings. The number of aryl methyl sites for hydroxylation is 1. The fourth-order valence-corrected chi connectivity index (χ4v) is 1.98. The SMILES string of the molecule is Cc1ccnc(N)c1C(=O)C(CN)CC(C)C. The molecule has 1 heterocycles. The summed E-state index contributed by atoms with van der Waals surface area (Å²) in [5.74, 6) is 0.590. The summed E-state index contributed by atoms with van der Waals surface area (Å²) in [6.07, 6.45) is 2.39. The van der Waals surface area contributed by atoms with Gasteiger partial charge in [-0.1, -0.05) is 13.8 Å². The fraction of sp³-hybridized carbons (Fsp3) is 0.538. The van der Waals surface area contributed by atoms with Gasteiger partial charge in [0.2, 0.25) is 0 Å². The van der Waals surface area contributed by atoms with Crippen LogP contribution < -0.4 is 11.5 Å². The lowest BCUT2D eigenvalue weighted by Gasteiger charge is -2.17. The van der Waals surface area contributed by atoms with Crippen molar-refractivity contribution in [1.82, 2.24) is 4.98 Å². The number of Topliss-reactive ketones (excluding diaryl/α,β-unsaturated/α-hetero) is 1. The second-order valence-corrected chi connectivity index (χ2v) is 4.81. The molecule has 4 N–H and O–H groups in total. The molecule has 1 aromatic rings. The van der Waals surface area contributed by atoms with E-state index in [0.717, 1.165) is 12.0 Å². The summed E-state index contributed by atoms with van der Waals surface area (Å²) in [5, 5.41) is 0. The minimum Gasteiger partial charge on any atom is -0.383 e. The van der Waals surface area contributed by atoms with Gasteiger partial charge < -0.3 is 11.5 Å². The minimum atomic E-state index is -0.166. The van der Waals surface area contributed by atoms with Gasteiger partial charge in [0.05, 0.1) is 5.56 Å². The number of hydrogen-bond acceptors (Lipinski definition) is 4. The van der Waals surface area contributed by atoms with Crippen LogP contribution in [0.4, 0.5) is 5.82 Å². The van der Waals surface area contributed by atoms with E-state index in [2.05, 4.69) is 18.8 Å². The van der Waals surface area contributed by atoms with Crippen molar-refractivity contribution in [3.8, 4) is 0 Å². The third kappa shape index (κ3) is 3.27. The number of hydrogen-bond donors (Lipinski definition) is 2. The molecule has 0 aliphatic carbocycles. The van der Waals surface area contributed by atoms with Gasteiger partial charge in [0.15, 0.2) is 5.78 Å². The molecular weight excluding hydrogens is 214 g/mol. The zero-order chi connectivity index (χ0) is 13.0. The average molecular weight is 235 g/mol. The van der Waals surface area contributed by atoms with Gasteiger partial charge in [0.25, 0.3) is 0 Å². The van der Waals surface area contributed by atoms with Crippen LogP contribution in [0.2, 0.25) is 0 Å². The highest BCUT2D eigenvalue weighted by molar-refractivity contribution is 6.02. The molecule has 0 aliphatic rings. The zero-order valence-electron chi connectivity index (χ0n) is 10.7. The molecule has 0 spiro atoms. The number of rotatable bonds is 5. The van der Waals surface area contributed by atoms with Gasteiger partial charge in [-0.3, -0.25) is 4.79 Å². The van der Waals surface area contributed by atoms with Crippen LogP contribution in [0.25, 0.3) is 0 Å². The van der Waals surface area contributed by atoms with E-state index in [0.29, 0.717) is 23.8 Å². The van der Waals surface area contributed by atoms with E-state index < -0.39 is 0 Å². The lowest BCUT2D eigenvalue weighted by atomic mass is 9.88. The molecule has 4 heteroatoms. The minimum absolute atomic E-state index is 0.0179. The fourth-order valence-electron chi connectivity index (χ4n) is 1.98. The van der Waals surface area contributed by atoms with E-state index in [1.54, 1.807) is 12.3 Å². The Morgan fingerprint density at radius 1 is 1.47 bits per heavy atom. The third-order valence-electron chi connectivity index (χ3n) is 2.85. The number of carbonyl (C=O) groups is 1. The van der Waals surface area contributed by atoms with E-state index in [-0.39, 0.29) is 11.7 Å². The molecule has 0 saturated carbocycles. The monoisotopic (exact) mass is 235 g/mol. The van der Waals surface area contributed by atoms with Gasteiger partial charge in [0, 0.05) is 18.7 Å².